The second kappa shape index (κ2) is 9.32. The lowest BCUT2D eigenvalue weighted by Crippen LogP contribution is -2.40. The smallest absolute Gasteiger partial charge is 0.378 e. The van der Waals surface area contributed by atoms with Gasteiger partial charge in [-0.05, 0) is 42.5 Å². The third-order valence-corrected chi connectivity index (χ3v) is 5.24. The number of carbonyl (C=O) groups is 2. The van der Waals surface area contributed by atoms with Crippen molar-refractivity contribution in [2.24, 2.45) is 0 Å². The Kier molecular flexibility index (Phi) is 6.81. The summed E-state index contributed by atoms with van der Waals surface area (Å²) in [6.07, 6.45) is -4.42. The van der Waals surface area contributed by atoms with Crippen molar-refractivity contribution < 1.29 is 27.5 Å². The van der Waals surface area contributed by atoms with E-state index >= 15 is 0 Å². The molecule has 2 aromatic rings. The molecule has 0 radical (unpaired) electrons. The van der Waals surface area contributed by atoms with Crippen molar-refractivity contribution in [1.82, 2.24) is 4.90 Å². The molecule has 5 nitrogen and oxygen atoms in total. The summed E-state index contributed by atoms with van der Waals surface area (Å²) in [5.74, 6) is -0.471. The summed E-state index contributed by atoms with van der Waals surface area (Å²) in [6.45, 7) is 2.13. The predicted octanol–water partition coefficient (Wildman–Crippen LogP) is 3.91. The molecule has 154 valence electrons. The first kappa shape index (κ1) is 21.2. The van der Waals surface area contributed by atoms with E-state index in [4.69, 9.17) is 4.74 Å². The molecule has 29 heavy (non-hydrogen) atoms. The number of nitrogens with one attached hydrogen (secondary N) is 1. The summed E-state index contributed by atoms with van der Waals surface area (Å²) < 4.78 is 43.4. The van der Waals surface area contributed by atoms with E-state index < -0.39 is 11.7 Å². The zero-order valence-electron chi connectivity index (χ0n) is 15.4. The number of rotatable bonds is 5. The van der Waals surface area contributed by atoms with E-state index in [1.807, 2.05) is 0 Å². The van der Waals surface area contributed by atoms with E-state index in [0.717, 1.165) is 23.9 Å². The normalized spacial score (nSPS) is 14.5. The highest BCUT2D eigenvalue weighted by Crippen LogP contribution is 2.31. The highest BCUT2D eigenvalue weighted by molar-refractivity contribution is 8.00. The van der Waals surface area contributed by atoms with Gasteiger partial charge in [-0.25, -0.2) is 0 Å². The monoisotopic (exact) mass is 424 g/mol. The summed E-state index contributed by atoms with van der Waals surface area (Å²) in [5, 5.41) is 2.68. The number of carbonyl (C=O) groups excluding carboxylic acids is 2. The van der Waals surface area contributed by atoms with Gasteiger partial charge in [-0.3, -0.25) is 9.59 Å². The summed E-state index contributed by atoms with van der Waals surface area (Å²) in [5.41, 5.74) is 0.282. The minimum Gasteiger partial charge on any atom is -0.378 e. The average molecular weight is 424 g/mol. The van der Waals surface area contributed by atoms with Gasteiger partial charge in [0.1, 0.15) is 0 Å². The molecule has 0 aliphatic carbocycles. The lowest BCUT2D eigenvalue weighted by Gasteiger charge is -2.26. The number of morpholine rings is 1. The Bertz CT molecular complexity index is 866. The number of amides is 2. The van der Waals surface area contributed by atoms with Gasteiger partial charge >= 0.3 is 6.18 Å². The van der Waals surface area contributed by atoms with Gasteiger partial charge < -0.3 is 15.0 Å². The van der Waals surface area contributed by atoms with Crippen molar-refractivity contribution >= 4 is 29.3 Å². The molecule has 1 saturated heterocycles. The van der Waals surface area contributed by atoms with E-state index in [0.29, 0.717) is 42.4 Å². The van der Waals surface area contributed by atoms with Gasteiger partial charge in [0.25, 0.3) is 5.91 Å². The van der Waals surface area contributed by atoms with Gasteiger partial charge in [0.05, 0.1) is 24.5 Å². The molecule has 0 atom stereocenters. The first-order chi connectivity index (χ1) is 13.8. The average Bonchev–Trinajstić information content (AvgIpc) is 2.72. The highest BCUT2D eigenvalue weighted by atomic mass is 32.2. The number of nitrogens with zero attached hydrogens (tertiary/aromatic N) is 1. The Morgan fingerprint density at radius 3 is 2.41 bits per heavy atom. The first-order valence-electron chi connectivity index (χ1n) is 8.90. The fourth-order valence-electron chi connectivity index (χ4n) is 2.75. The van der Waals surface area contributed by atoms with Crippen LogP contribution >= 0.6 is 11.8 Å². The molecule has 0 spiro atoms. The number of anilines is 1. The van der Waals surface area contributed by atoms with Crippen LogP contribution in [0.5, 0.6) is 0 Å². The molecule has 1 heterocycles. The summed E-state index contributed by atoms with van der Waals surface area (Å²) >= 11 is 1.02. The molecule has 1 fully saturated rings. The number of hydrogen-bond acceptors (Lipinski definition) is 4. The largest absolute Gasteiger partial charge is 0.416 e. The lowest BCUT2D eigenvalue weighted by molar-refractivity contribution is -0.137. The minimum atomic E-state index is -4.42. The van der Waals surface area contributed by atoms with E-state index in [1.165, 1.54) is 12.1 Å². The van der Waals surface area contributed by atoms with Gasteiger partial charge in [-0.15, -0.1) is 11.8 Å². The Hall–Kier alpha value is -2.52. The maximum atomic E-state index is 12.7. The van der Waals surface area contributed by atoms with Crippen LogP contribution < -0.4 is 5.32 Å². The van der Waals surface area contributed by atoms with Crippen LogP contribution in [0.4, 0.5) is 18.9 Å². The van der Waals surface area contributed by atoms with Crippen LogP contribution in [0.2, 0.25) is 0 Å². The van der Waals surface area contributed by atoms with Crippen molar-refractivity contribution in [2.75, 3.05) is 37.4 Å². The fraction of sp³-hybridized carbons (Fsp3) is 0.300. The third kappa shape index (κ3) is 5.98. The van der Waals surface area contributed by atoms with Crippen molar-refractivity contribution in [3.8, 4) is 0 Å². The maximum absolute atomic E-state index is 12.7. The molecule has 0 unspecified atom stereocenters. The Labute approximate surface area is 170 Å². The lowest BCUT2D eigenvalue weighted by atomic mass is 10.1. The molecule has 0 bridgehead atoms. The van der Waals surface area contributed by atoms with Gasteiger partial charge in [0.2, 0.25) is 5.91 Å². The zero-order chi connectivity index (χ0) is 20.9. The molecule has 1 aliphatic rings. The van der Waals surface area contributed by atoms with E-state index in [-0.39, 0.29) is 17.6 Å². The van der Waals surface area contributed by atoms with Gasteiger partial charge in [-0.1, -0.05) is 6.07 Å². The van der Waals surface area contributed by atoms with Crippen molar-refractivity contribution in [3.63, 3.8) is 0 Å². The number of thioether (sulfide) groups is 1. The van der Waals surface area contributed by atoms with Gasteiger partial charge in [0, 0.05) is 29.2 Å². The summed E-state index contributed by atoms with van der Waals surface area (Å²) in [7, 11) is 0. The molecule has 1 N–H and O–H groups in total. The summed E-state index contributed by atoms with van der Waals surface area (Å²) in [4.78, 5) is 26.6. The zero-order valence-corrected chi connectivity index (χ0v) is 16.2. The molecule has 9 heteroatoms. The summed E-state index contributed by atoms with van der Waals surface area (Å²) in [6, 6.07) is 11.4. The van der Waals surface area contributed by atoms with Gasteiger partial charge in [0.15, 0.2) is 0 Å². The minimum absolute atomic E-state index is 0.0320. The number of alkyl halides is 3. The van der Waals surface area contributed by atoms with Crippen molar-refractivity contribution in [3.05, 3.63) is 59.7 Å². The van der Waals surface area contributed by atoms with E-state index in [9.17, 15) is 22.8 Å². The third-order valence-electron chi connectivity index (χ3n) is 4.25. The number of halogens is 3. The molecule has 1 aliphatic heterocycles. The predicted molar refractivity (Wildman–Crippen MR) is 104 cm³/mol. The Morgan fingerprint density at radius 2 is 1.76 bits per heavy atom. The second-order valence-electron chi connectivity index (χ2n) is 6.34. The SMILES string of the molecule is O=C(CSc1cccc(C(F)(F)F)c1)Nc1ccc(C(=O)N2CCOCC2)cc1. The molecule has 0 aromatic heterocycles. The Morgan fingerprint density at radius 1 is 1.07 bits per heavy atom. The van der Waals surface area contributed by atoms with Crippen LogP contribution in [0.3, 0.4) is 0 Å². The number of ether oxygens (including phenoxy) is 1. The van der Waals surface area contributed by atoms with Crippen LogP contribution in [0.15, 0.2) is 53.4 Å². The molecular formula is C20H19F3N2O3S. The number of hydrogen-bond donors (Lipinski definition) is 1. The van der Waals surface area contributed by atoms with E-state index in [1.54, 1.807) is 29.2 Å². The topological polar surface area (TPSA) is 58.6 Å². The fourth-order valence-corrected chi connectivity index (χ4v) is 3.51. The van der Waals surface area contributed by atoms with Crippen molar-refractivity contribution in [2.45, 2.75) is 11.1 Å². The molecule has 2 amide bonds. The van der Waals surface area contributed by atoms with Crippen LogP contribution in [-0.4, -0.2) is 48.8 Å². The highest BCUT2D eigenvalue weighted by Gasteiger charge is 2.30. The standard InChI is InChI=1S/C20H19F3N2O3S/c21-20(22,23)15-2-1-3-17(12-15)29-13-18(26)24-16-6-4-14(5-7-16)19(27)25-8-10-28-11-9-25/h1-7,12H,8-11,13H2,(H,24,26). The molecule has 3 rings (SSSR count). The van der Waals surface area contributed by atoms with Gasteiger partial charge in [-0.2, -0.15) is 13.2 Å². The van der Waals surface area contributed by atoms with Crippen LogP contribution in [0.25, 0.3) is 0 Å². The van der Waals surface area contributed by atoms with Crippen molar-refractivity contribution in [1.29, 1.82) is 0 Å². The quantitative estimate of drug-likeness (QED) is 0.740. The molecule has 2 aromatic carbocycles. The first-order valence-corrected chi connectivity index (χ1v) is 9.88. The molecular weight excluding hydrogens is 405 g/mol. The van der Waals surface area contributed by atoms with Crippen LogP contribution in [-0.2, 0) is 15.7 Å². The van der Waals surface area contributed by atoms with Crippen LogP contribution in [0.1, 0.15) is 15.9 Å². The van der Waals surface area contributed by atoms with Crippen LogP contribution in [0, 0.1) is 0 Å². The maximum Gasteiger partial charge on any atom is 0.416 e. The Balaban J connectivity index is 1.52. The molecule has 0 saturated carbocycles. The second-order valence-corrected chi connectivity index (χ2v) is 7.39. The number of benzene rings is 2. The van der Waals surface area contributed by atoms with E-state index in [2.05, 4.69) is 5.32 Å².